The van der Waals surface area contributed by atoms with Gasteiger partial charge in [0.1, 0.15) is 17.0 Å². The van der Waals surface area contributed by atoms with Crippen molar-refractivity contribution in [3.05, 3.63) is 64.8 Å². The molecule has 10 nitrogen and oxygen atoms in total. The van der Waals surface area contributed by atoms with Crippen LogP contribution in [0, 0.1) is 0 Å². The number of hydrogen-bond donors (Lipinski definition) is 3. The van der Waals surface area contributed by atoms with Crippen LogP contribution in [0.1, 0.15) is 31.2 Å². The van der Waals surface area contributed by atoms with E-state index in [0.717, 1.165) is 42.7 Å². The van der Waals surface area contributed by atoms with Crippen LogP contribution < -0.4 is 26.7 Å². The average molecular weight is 475 g/mol. The molecule has 5 rings (SSSR count). The monoisotopic (exact) mass is 474 g/mol. The van der Waals surface area contributed by atoms with Crippen molar-refractivity contribution in [3.63, 3.8) is 0 Å². The van der Waals surface area contributed by atoms with E-state index in [4.69, 9.17) is 15.5 Å². The molecule has 3 heterocycles. The number of fused-ring (bicyclic) bond motifs is 1. The van der Waals surface area contributed by atoms with Gasteiger partial charge in [-0.25, -0.2) is 4.98 Å². The van der Waals surface area contributed by atoms with Gasteiger partial charge in [0.25, 0.3) is 5.56 Å². The number of hydrogen-bond acceptors (Lipinski definition) is 8. The first kappa shape index (κ1) is 22.9. The fourth-order valence-corrected chi connectivity index (χ4v) is 4.52. The molecule has 10 heteroatoms. The number of rotatable bonds is 7. The Labute approximate surface area is 203 Å². The lowest BCUT2D eigenvalue weighted by Crippen LogP contribution is -2.43. The van der Waals surface area contributed by atoms with E-state index in [1.54, 1.807) is 28.8 Å². The summed E-state index contributed by atoms with van der Waals surface area (Å²) >= 11 is 0. The first-order valence-corrected chi connectivity index (χ1v) is 11.8. The van der Waals surface area contributed by atoms with Gasteiger partial charge < -0.3 is 25.7 Å². The van der Waals surface area contributed by atoms with Gasteiger partial charge in [0, 0.05) is 31.5 Å². The Kier molecular flexibility index (Phi) is 6.37. The van der Waals surface area contributed by atoms with Gasteiger partial charge in [-0.15, -0.1) is 0 Å². The first-order chi connectivity index (χ1) is 17.0. The summed E-state index contributed by atoms with van der Waals surface area (Å²) in [7, 11) is 3.47. The lowest BCUT2D eigenvalue weighted by molar-refractivity contribution is 0.402. The van der Waals surface area contributed by atoms with Crippen LogP contribution in [-0.4, -0.2) is 43.5 Å². The summed E-state index contributed by atoms with van der Waals surface area (Å²) in [5.41, 5.74) is 8.44. The summed E-state index contributed by atoms with van der Waals surface area (Å²) in [4.78, 5) is 23.0. The quantitative estimate of drug-likeness (QED) is 0.373. The van der Waals surface area contributed by atoms with E-state index in [9.17, 15) is 4.79 Å². The van der Waals surface area contributed by atoms with E-state index in [-0.39, 0.29) is 17.6 Å². The lowest BCUT2D eigenvalue weighted by Gasteiger charge is -2.29. The van der Waals surface area contributed by atoms with E-state index >= 15 is 0 Å². The molecule has 0 amide bonds. The number of nitrogens with one attached hydrogen (secondary N) is 2. The Morgan fingerprint density at radius 1 is 1.14 bits per heavy atom. The maximum Gasteiger partial charge on any atom is 0.264 e. The number of aromatic nitrogens is 5. The Morgan fingerprint density at radius 3 is 2.66 bits per heavy atom. The summed E-state index contributed by atoms with van der Waals surface area (Å²) in [6.07, 6.45) is 9.49. The third kappa shape index (κ3) is 4.97. The summed E-state index contributed by atoms with van der Waals surface area (Å²) in [6, 6.07) is 9.66. The van der Waals surface area contributed by atoms with Crippen LogP contribution in [-0.2, 0) is 13.6 Å². The minimum Gasteiger partial charge on any atom is -0.497 e. The standard InChI is InChI=1S/C25H30N8O2/c1-32-15-17(13-27-32)28-23-22-21(30-25(31-23)29-20-6-4-3-5-19(20)26)11-12-33(24(22)34)14-16-7-9-18(35-2)10-8-16/h7-13,15,19-20H,3-6,14,26H2,1-2H3,(H2,28,29,30,31)/t19-,20+/m0/s1. The third-order valence-corrected chi connectivity index (χ3v) is 6.44. The number of pyridine rings is 1. The van der Waals surface area contributed by atoms with Crippen LogP contribution in [0.3, 0.4) is 0 Å². The van der Waals surface area contributed by atoms with Crippen molar-refractivity contribution < 1.29 is 4.74 Å². The molecule has 0 bridgehead atoms. The first-order valence-electron chi connectivity index (χ1n) is 11.8. The lowest BCUT2D eigenvalue weighted by atomic mass is 9.91. The van der Waals surface area contributed by atoms with Crippen molar-refractivity contribution in [3.8, 4) is 5.75 Å². The largest absolute Gasteiger partial charge is 0.497 e. The van der Waals surface area contributed by atoms with Crippen molar-refractivity contribution in [2.75, 3.05) is 17.7 Å². The number of benzene rings is 1. The Morgan fingerprint density at radius 2 is 1.94 bits per heavy atom. The maximum absolute atomic E-state index is 13.6. The zero-order valence-corrected chi connectivity index (χ0v) is 19.9. The number of ether oxygens (including phenoxy) is 1. The van der Waals surface area contributed by atoms with E-state index in [2.05, 4.69) is 20.7 Å². The van der Waals surface area contributed by atoms with Gasteiger partial charge in [0.05, 0.1) is 31.1 Å². The molecular weight excluding hydrogens is 444 g/mol. The average Bonchev–Trinajstić information content (AvgIpc) is 3.27. The molecule has 3 aromatic heterocycles. The minimum absolute atomic E-state index is 0.0512. The van der Waals surface area contributed by atoms with Crippen molar-refractivity contribution in [1.29, 1.82) is 0 Å². The maximum atomic E-state index is 13.6. The molecule has 4 aromatic rings. The molecule has 35 heavy (non-hydrogen) atoms. The zero-order valence-electron chi connectivity index (χ0n) is 19.9. The summed E-state index contributed by atoms with van der Waals surface area (Å²) in [5, 5.41) is 11.3. The highest BCUT2D eigenvalue weighted by Gasteiger charge is 2.23. The molecule has 4 N–H and O–H groups in total. The van der Waals surface area contributed by atoms with Gasteiger partial charge in [-0.1, -0.05) is 25.0 Å². The van der Waals surface area contributed by atoms with E-state index in [1.165, 1.54) is 0 Å². The van der Waals surface area contributed by atoms with Crippen LogP contribution in [0.5, 0.6) is 5.75 Å². The van der Waals surface area contributed by atoms with Crippen LogP contribution in [0.25, 0.3) is 10.9 Å². The molecule has 1 aliphatic rings. The van der Waals surface area contributed by atoms with Crippen LogP contribution in [0.4, 0.5) is 17.5 Å². The van der Waals surface area contributed by atoms with Crippen molar-refractivity contribution in [2.45, 2.75) is 44.3 Å². The predicted octanol–water partition coefficient (Wildman–Crippen LogP) is 3.01. The highest BCUT2D eigenvalue weighted by atomic mass is 16.5. The van der Waals surface area contributed by atoms with Gasteiger partial charge in [0.15, 0.2) is 0 Å². The molecule has 0 spiro atoms. The van der Waals surface area contributed by atoms with Crippen LogP contribution in [0.2, 0.25) is 0 Å². The number of nitrogens with two attached hydrogens (primary N) is 1. The molecule has 2 atom stereocenters. The summed E-state index contributed by atoms with van der Waals surface area (Å²) < 4.78 is 8.58. The van der Waals surface area contributed by atoms with Gasteiger partial charge in [-0.3, -0.25) is 9.48 Å². The van der Waals surface area contributed by atoms with E-state index in [0.29, 0.717) is 29.2 Å². The summed E-state index contributed by atoms with van der Waals surface area (Å²) in [6.45, 7) is 0.419. The fraction of sp³-hybridized carbons (Fsp3) is 0.360. The van der Waals surface area contributed by atoms with E-state index in [1.807, 2.05) is 43.6 Å². The molecule has 0 radical (unpaired) electrons. The molecule has 0 saturated heterocycles. The van der Waals surface area contributed by atoms with Gasteiger partial charge in [-0.2, -0.15) is 10.1 Å². The van der Waals surface area contributed by atoms with Crippen molar-refractivity contribution >= 4 is 28.4 Å². The normalized spacial score (nSPS) is 17.9. The molecule has 1 aliphatic carbocycles. The van der Waals surface area contributed by atoms with Gasteiger partial charge in [-0.05, 0) is 36.6 Å². The Bertz CT molecular complexity index is 1380. The second kappa shape index (κ2) is 9.75. The van der Waals surface area contributed by atoms with Crippen molar-refractivity contribution in [1.82, 2.24) is 24.3 Å². The van der Waals surface area contributed by atoms with Gasteiger partial charge >= 0.3 is 0 Å². The smallest absolute Gasteiger partial charge is 0.264 e. The predicted molar refractivity (Wildman–Crippen MR) is 136 cm³/mol. The molecular formula is C25H30N8O2. The Balaban J connectivity index is 1.54. The Hall–Kier alpha value is -3.92. The molecule has 0 aliphatic heterocycles. The van der Waals surface area contributed by atoms with Crippen LogP contribution in [0.15, 0.2) is 53.7 Å². The molecule has 1 saturated carbocycles. The number of anilines is 3. The molecule has 0 unspecified atom stereocenters. The third-order valence-electron chi connectivity index (χ3n) is 6.44. The second-order valence-electron chi connectivity index (χ2n) is 8.98. The minimum atomic E-state index is -0.175. The highest BCUT2D eigenvalue weighted by molar-refractivity contribution is 5.90. The van der Waals surface area contributed by atoms with Gasteiger partial charge in [0.2, 0.25) is 5.95 Å². The second-order valence-corrected chi connectivity index (χ2v) is 8.98. The zero-order chi connectivity index (χ0) is 24.4. The SMILES string of the molecule is COc1ccc(Cn2ccc3nc(N[C@@H]4CCCC[C@@H]4N)nc(Nc4cnn(C)c4)c3c2=O)cc1. The van der Waals surface area contributed by atoms with Crippen LogP contribution >= 0.6 is 0 Å². The number of aryl methyl sites for hydroxylation is 1. The number of methoxy groups -OCH3 is 1. The van der Waals surface area contributed by atoms with E-state index < -0.39 is 0 Å². The molecule has 1 aromatic carbocycles. The number of nitrogens with zero attached hydrogens (tertiary/aromatic N) is 5. The van der Waals surface area contributed by atoms with Crippen molar-refractivity contribution in [2.24, 2.45) is 12.8 Å². The molecule has 1 fully saturated rings. The topological polar surface area (TPSA) is 125 Å². The fourth-order valence-electron chi connectivity index (χ4n) is 4.52. The summed E-state index contributed by atoms with van der Waals surface area (Å²) in [5.74, 6) is 1.66. The molecule has 182 valence electrons. The highest BCUT2D eigenvalue weighted by Crippen LogP contribution is 2.25.